The van der Waals surface area contributed by atoms with Crippen LogP contribution < -0.4 is 5.32 Å². The topological polar surface area (TPSA) is 69.6 Å². The molecule has 1 aromatic rings. The molecule has 1 heterocycles. The molecule has 5 nitrogen and oxygen atoms in total. The van der Waals surface area contributed by atoms with Crippen molar-refractivity contribution in [1.82, 2.24) is 4.90 Å². The van der Waals surface area contributed by atoms with E-state index in [0.717, 1.165) is 31.0 Å². The fraction of sp³-hybridized carbons (Fsp3) is 0.467. The number of aliphatic carboxylic acids is 1. The van der Waals surface area contributed by atoms with Gasteiger partial charge in [0, 0.05) is 24.8 Å². The van der Waals surface area contributed by atoms with Crippen LogP contribution in [0.25, 0.3) is 0 Å². The van der Waals surface area contributed by atoms with Crippen LogP contribution in [0.3, 0.4) is 0 Å². The highest BCUT2D eigenvalue weighted by atomic mass is 19.1. The molecule has 22 heavy (non-hydrogen) atoms. The summed E-state index contributed by atoms with van der Waals surface area (Å²) in [5.41, 5.74) is -0.853. The molecule has 0 bridgehead atoms. The highest BCUT2D eigenvalue weighted by Crippen LogP contribution is 2.48. The highest BCUT2D eigenvalue weighted by molar-refractivity contribution is 5.90. The summed E-state index contributed by atoms with van der Waals surface area (Å²) in [4.78, 5) is 25.2. The van der Waals surface area contributed by atoms with Gasteiger partial charge in [0.1, 0.15) is 11.6 Å². The summed E-state index contributed by atoms with van der Waals surface area (Å²) in [5.74, 6) is -2.49. The molecule has 3 rings (SSSR count). The maximum atomic E-state index is 13.1. The number of anilines is 1. The Labute approximate surface area is 125 Å². The van der Waals surface area contributed by atoms with Crippen molar-refractivity contribution in [3.05, 3.63) is 29.8 Å². The van der Waals surface area contributed by atoms with E-state index in [2.05, 4.69) is 5.32 Å². The second-order valence-electron chi connectivity index (χ2n) is 6.02. The monoisotopic (exact) mass is 310 g/mol. The highest BCUT2D eigenvalue weighted by Gasteiger charge is 2.55. The van der Waals surface area contributed by atoms with Crippen LogP contribution in [0.2, 0.25) is 0 Å². The zero-order valence-corrected chi connectivity index (χ0v) is 11.8. The van der Waals surface area contributed by atoms with Crippen molar-refractivity contribution in [2.45, 2.75) is 19.3 Å². The van der Waals surface area contributed by atoms with Crippen LogP contribution in [-0.2, 0) is 4.79 Å². The van der Waals surface area contributed by atoms with E-state index >= 15 is 0 Å². The molecular weight excluding hydrogens is 294 g/mol. The predicted octanol–water partition coefficient (Wildman–Crippen LogP) is 2.68. The van der Waals surface area contributed by atoms with Crippen molar-refractivity contribution in [2.24, 2.45) is 11.3 Å². The van der Waals surface area contributed by atoms with Crippen LogP contribution in [0.15, 0.2) is 18.2 Å². The van der Waals surface area contributed by atoms with Gasteiger partial charge in [0.25, 0.3) is 0 Å². The van der Waals surface area contributed by atoms with Crippen molar-refractivity contribution in [2.75, 3.05) is 18.4 Å². The van der Waals surface area contributed by atoms with Crippen molar-refractivity contribution < 1.29 is 23.5 Å². The Balaban J connectivity index is 1.73. The lowest BCUT2D eigenvalue weighted by atomic mass is 9.81. The summed E-state index contributed by atoms with van der Waals surface area (Å²) in [6.07, 6.45) is 2.19. The molecular formula is C15H16F2N2O3. The number of carboxylic acid groups (broad SMARTS) is 1. The third kappa shape index (κ3) is 2.40. The van der Waals surface area contributed by atoms with Gasteiger partial charge in [-0.3, -0.25) is 4.79 Å². The number of amides is 2. The van der Waals surface area contributed by atoms with E-state index < -0.39 is 29.0 Å². The zero-order valence-electron chi connectivity index (χ0n) is 11.8. The summed E-state index contributed by atoms with van der Waals surface area (Å²) in [6.45, 7) is 0.493. The lowest BCUT2D eigenvalue weighted by Gasteiger charge is -2.23. The van der Waals surface area contributed by atoms with E-state index in [1.165, 1.54) is 4.90 Å². The molecule has 2 amide bonds. The van der Waals surface area contributed by atoms with E-state index in [9.17, 15) is 23.5 Å². The quantitative estimate of drug-likeness (QED) is 0.882. The first-order chi connectivity index (χ1) is 10.4. The second-order valence-corrected chi connectivity index (χ2v) is 6.02. The van der Waals surface area contributed by atoms with E-state index in [0.29, 0.717) is 13.0 Å². The molecule has 1 aromatic carbocycles. The molecule has 2 aliphatic rings. The molecule has 1 saturated carbocycles. The van der Waals surface area contributed by atoms with Crippen LogP contribution in [-0.4, -0.2) is 35.1 Å². The van der Waals surface area contributed by atoms with E-state index in [4.69, 9.17) is 0 Å². The Morgan fingerprint density at radius 1 is 1.27 bits per heavy atom. The number of nitrogens with one attached hydrogen (secondary N) is 1. The van der Waals surface area contributed by atoms with Gasteiger partial charge in [-0.15, -0.1) is 0 Å². The Morgan fingerprint density at radius 2 is 1.95 bits per heavy atom. The first-order valence-corrected chi connectivity index (χ1v) is 7.16. The Morgan fingerprint density at radius 3 is 2.55 bits per heavy atom. The summed E-state index contributed by atoms with van der Waals surface area (Å²) in [7, 11) is 0. The standard InChI is InChI=1S/C15H16F2N2O3/c16-10-4-11(17)6-12(5-10)18-14(22)19-7-9-2-1-3-15(9,8-19)13(20)21/h4-6,9H,1-3,7-8H2,(H,18,22)(H,20,21)/t9-,15+/m0/s1. The minimum absolute atomic E-state index is 0.0175. The summed E-state index contributed by atoms with van der Waals surface area (Å²) >= 11 is 0. The fourth-order valence-electron chi connectivity index (χ4n) is 3.62. The number of urea groups is 1. The van der Waals surface area contributed by atoms with Gasteiger partial charge in [-0.1, -0.05) is 6.42 Å². The Hall–Kier alpha value is -2.18. The van der Waals surface area contributed by atoms with Gasteiger partial charge >= 0.3 is 12.0 Å². The van der Waals surface area contributed by atoms with Gasteiger partial charge < -0.3 is 15.3 Å². The molecule has 1 saturated heterocycles. The third-order valence-electron chi connectivity index (χ3n) is 4.70. The fourth-order valence-corrected chi connectivity index (χ4v) is 3.62. The number of hydrogen-bond donors (Lipinski definition) is 2. The number of carboxylic acids is 1. The number of likely N-dealkylation sites (tertiary alicyclic amines) is 1. The number of rotatable bonds is 2. The summed E-state index contributed by atoms with van der Waals surface area (Å²) < 4.78 is 26.3. The minimum Gasteiger partial charge on any atom is -0.481 e. The number of nitrogens with zero attached hydrogens (tertiary/aromatic N) is 1. The maximum absolute atomic E-state index is 13.1. The van der Waals surface area contributed by atoms with Crippen LogP contribution >= 0.6 is 0 Å². The number of halogens is 2. The predicted molar refractivity (Wildman–Crippen MR) is 74.4 cm³/mol. The lowest BCUT2D eigenvalue weighted by Crippen LogP contribution is -2.38. The molecule has 2 fully saturated rings. The van der Waals surface area contributed by atoms with Gasteiger partial charge in [0.2, 0.25) is 0 Å². The van der Waals surface area contributed by atoms with Gasteiger partial charge in [-0.05, 0) is 30.9 Å². The molecule has 0 spiro atoms. The molecule has 1 aliphatic carbocycles. The Bertz CT molecular complexity index is 617. The van der Waals surface area contributed by atoms with Crippen molar-refractivity contribution in [3.63, 3.8) is 0 Å². The van der Waals surface area contributed by atoms with Crippen molar-refractivity contribution in [3.8, 4) is 0 Å². The zero-order chi connectivity index (χ0) is 15.9. The molecule has 0 aromatic heterocycles. The largest absolute Gasteiger partial charge is 0.481 e. The normalized spacial score (nSPS) is 26.8. The molecule has 2 atom stereocenters. The van der Waals surface area contributed by atoms with Crippen LogP contribution in [0.4, 0.5) is 19.3 Å². The minimum atomic E-state index is -0.873. The third-order valence-corrected chi connectivity index (χ3v) is 4.70. The van der Waals surface area contributed by atoms with Crippen LogP contribution in [0.5, 0.6) is 0 Å². The molecule has 118 valence electrons. The van der Waals surface area contributed by atoms with Crippen LogP contribution in [0.1, 0.15) is 19.3 Å². The molecule has 1 aliphatic heterocycles. The first kappa shape index (κ1) is 14.7. The van der Waals surface area contributed by atoms with Gasteiger partial charge in [-0.25, -0.2) is 13.6 Å². The Kier molecular flexibility index (Phi) is 3.50. The average molecular weight is 310 g/mol. The van der Waals surface area contributed by atoms with E-state index in [-0.39, 0.29) is 18.2 Å². The van der Waals surface area contributed by atoms with Gasteiger partial charge in [0.15, 0.2) is 0 Å². The SMILES string of the molecule is O=C(Nc1cc(F)cc(F)c1)N1C[C@@H]2CCC[C@@]2(C(=O)O)C1. The molecule has 0 unspecified atom stereocenters. The van der Waals surface area contributed by atoms with Crippen LogP contribution in [0, 0.1) is 23.0 Å². The molecule has 7 heteroatoms. The summed E-state index contributed by atoms with van der Waals surface area (Å²) in [6, 6.07) is 2.23. The first-order valence-electron chi connectivity index (χ1n) is 7.16. The van der Waals surface area contributed by atoms with E-state index in [1.807, 2.05) is 0 Å². The summed E-state index contributed by atoms with van der Waals surface area (Å²) in [5, 5.41) is 11.9. The number of carbonyl (C=O) groups is 2. The second kappa shape index (κ2) is 5.23. The van der Waals surface area contributed by atoms with Gasteiger partial charge in [0.05, 0.1) is 5.41 Å². The lowest BCUT2D eigenvalue weighted by molar-refractivity contribution is -0.149. The van der Waals surface area contributed by atoms with Gasteiger partial charge in [-0.2, -0.15) is 0 Å². The average Bonchev–Trinajstić information content (AvgIpc) is 2.94. The smallest absolute Gasteiger partial charge is 0.321 e. The van der Waals surface area contributed by atoms with E-state index in [1.54, 1.807) is 0 Å². The number of carbonyl (C=O) groups excluding carboxylic acids is 1. The molecule has 0 radical (unpaired) electrons. The maximum Gasteiger partial charge on any atom is 0.321 e. The van der Waals surface area contributed by atoms with Crippen molar-refractivity contribution in [1.29, 1.82) is 0 Å². The number of hydrogen-bond acceptors (Lipinski definition) is 2. The number of fused-ring (bicyclic) bond motifs is 1. The van der Waals surface area contributed by atoms with Crippen molar-refractivity contribution >= 4 is 17.7 Å². The number of benzene rings is 1. The molecule has 2 N–H and O–H groups in total.